The lowest BCUT2D eigenvalue weighted by Gasteiger charge is -2.15. The molecule has 7 heteroatoms. The number of nitrogens with zero attached hydrogens (tertiary/aromatic N) is 3. The van der Waals surface area contributed by atoms with Crippen LogP contribution in [0, 0.1) is 0 Å². The first-order chi connectivity index (χ1) is 8.58. The largest absolute Gasteiger partial charge is 0.468 e. The van der Waals surface area contributed by atoms with Gasteiger partial charge in [0.2, 0.25) is 5.13 Å². The molecule has 2 unspecified atom stereocenters. The van der Waals surface area contributed by atoms with Crippen molar-refractivity contribution in [3.05, 3.63) is 24.2 Å². The molecule has 0 bridgehead atoms. The van der Waals surface area contributed by atoms with Crippen molar-refractivity contribution >= 4 is 28.2 Å². The summed E-state index contributed by atoms with van der Waals surface area (Å²) >= 11 is 3.15. The second-order valence-electron chi connectivity index (χ2n) is 4.16. The number of rotatable bonds is 5. The van der Waals surface area contributed by atoms with E-state index in [0.29, 0.717) is 0 Å². The summed E-state index contributed by atoms with van der Waals surface area (Å²) in [5.74, 6) is 0.872. The van der Waals surface area contributed by atoms with Crippen molar-refractivity contribution in [1.82, 2.24) is 10.2 Å². The molecule has 0 saturated carbocycles. The first-order valence-corrected chi connectivity index (χ1v) is 7.24. The molecule has 2 rings (SSSR count). The Morgan fingerprint density at radius 1 is 1.44 bits per heavy atom. The van der Waals surface area contributed by atoms with E-state index in [1.807, 2.05) is 38.1 Å². The Morgan fingerprint density at radius 2 is 2.22 bits per heavy atom. The van der Waals surface area contributed by atoms with Gasteiger partial charge in [-0.1, -0.05) is 23.1 Å². The molecular formula is C11H16N4OS2. The molecule has 2 aromatic rings. The van der Waals surface area contributed by atoms with Crippen LogP contribution in [-0.2, 0) is 0 Å². The molecule has 0 aliphatic rings. The topological polar surface area (TPSA) is 68.2 Å². The van der Waals surface area contributed by atoms with Gasteiger partial charge in [-0.25, -0.2) is 0 Å². The van der Waals surface area contributed by atoms with Crippen molar-refractivity contribution in [2.75, 3.05) is 19.0 Å². The van der Waals surface area contributed by atoms with E-state index in [-0.39, 0.29) is 11.3 Å². The molecular weight excluding hydrogens is 268 g/mol. The van der Waals surface area contributed by atoms with E-state index in [9.17, 15) is 0 Å². The van der Waals surface area contributed by atoms with Gasteiger partial charge in [-0.3, -0.25) is 0 Å². The van der Waals surface area contributed by atoms with Crippen LogP contribution in [0.1, 0.15) is 17.9 Å². The molecule has 0 aliphatic carbocycles. The standard InChI is InChI=1S/C11H16N4OS2/c1-7(12)9(8-5-4-6-16-8)17-11-14-13-10(18-11)15(2)3/h4-7,9H,12H2,1-3H3. The van der Waals surface area contributed by atoms with E-state index < -0.39 is 0 Å². The maximum absolute atomic E-state index is 6.01. The van der Waals surface area contributed by atoms with E-state index in [0.717, 1.165) is 15.2 Å². The van der Waals surface area contributed by atoms with E-state index in [2.05, 4.69) is 10.2 Å². The molecule has 0 radical (unpaired) electrons. The maximum atomic E-state index is 6.01. The fourth-order valence-corrected chi connectivity index (χ4v) is 3.42. The quantitative estimate of drug-likeness (QED) is 0.850. The second kappa shape index (κ2) is 5.73. The van der Waals surface area contributed by atoms with Crippen LogP contribution in [-0.4, -0.2) is 30.3 Å². The third-order valence-electron chi connectivity index (χ3n) is 2.31. The highest BCUT2D eigenvalue weighted by Crippen LogP contribution is 2.39. The van der Waals surface area contributed by atoms with Crippen LogP contribution in [0.15, 0.2) is 27.2 Å². The number of anilines is 1. The van der Waals surface area contributed by atoms with Crippen LogP contribution in [0.3, 0.4) is 0 Å². The number of furan rings is 1. The van der Waals surface area contributed by atoms with E-state index in [1.54, 1.807) is 29.4 Å². The molecule has 2 N–H and O–H groups in total. The lowest BCUT2D eigenvalue weighted by Crippen LogP contribution is -2.22. The SMILES string of the molecule is CC(N)C(Sc1nnc(N(C)C)s1)c1ccco1. The van der Waals surface area contributed by atoms with Crippen LogP contribution in [0.2, 0.25) is 0 Å². The Bertz CT molecular complexity index is 481. The van der Waals surface area contributed by atoms with Gasteiger partial charge in [-0.15, -0.1) is 10.2 Å². The van der Waals surface area contributed by atoms with Crippen molar-refractivity contribution in [2.24, 2.45) is 5.73 Å². The van der Waals surface area contributed by atoms with Crippen molar-refractivity contribution in [3.63, 3.8) is 0 Å². The van der Waals surface area contributed by atoms with E-state index in [1.165, 1.54) is 0 Å². The highest BCUT2D eigenvalue weighted by atomic mass is 32.2. The van der Waals surface area contributed by atoms with Gasteiger partial charge in [0.05, 0.1) is 11.5 Å². The molecule has 0 saturated heterocycles. The van der Waals surface area contributed by atoms with Gasteiger partial charge in [0.15, 0.2) is 4.34 Å². The van der Waals surface area contributed by atoms with Crippen LogP contribution in [0.4, 0.5) is 5.13 Å². The van der Waals surface area contributed by atoms with Crippen molar-refractivity contribution in [1.29, 1.82) is 0 Å². The fraction of sp³-hybridized carbons (Fsp3) is 0.455. The average molecular weight is 284 g/mol. The third kappa shape index (κ3) is 3.04. The summed E-state index contributed by atoms with van der Waals surface area (Å²) in [6, 6.07) is 3.79. The highest BCUT2D eigenvalue weighted by Gasteiger charge is 2.22. The Hall–Kier alpha value is -1.05. The van der Waals surface area contributed by atoms with E-state index in [4.69, 9.17) is 10.2 Å². The molecule has 18 heavy (non-hydrogen) atoms. The van der Waals surface area contributed by atoms with Crippen LogP contribution in [0.25, 0.3) is 0 Å². The zero-order chi connectivity index (χ0) is 13.1. The molecule has 98 valence electrons. The lowest BCUT2D eigenvalue weighted by atomic mass is 10.2. The summed E-state index contributed by atoms with van der Waals surface area (Å²) in [6.45, 7) is 1.97. The Labute approximate surface area is 114 Å². The molecule has 0 aromatic carbocycles. The summed E-state index contributed by atoms with van der Waals surface area (Å²) in [4.78, 5) is 1.94. The summed E-state index contributed by atoms with van der Waals surface area (Å²) < 4.78 is 6.33. The first-order valence-electron chi connectivity index (χ1n) is 5.54. The molecule has 2 atom stereocenters. The van der Waals surface area contributed by atoms with Crippen molar-refractivity contribution < 1.29 is 4.42 Å². The maximum Gasteiger partial charge on any atom is 0.208 e. The predicted molar refractivity (Wildman–Crippen MR) is 75.2 cm³/mol. The van der Waals surface area contributed by atoms with Crippen LogP contribution >= 0.6 is 23.1 Å². The third-order valence-corrected chi connectivity index (χ3v) is 4.93. The van der Waals surface area contributed by atoms with E-state index >= 15 is 0 Å². The van der Waals surface area contributed by atoms with Crippen LogP contribution < -0.4 is 10.6 Å². The molecule has 0 amide bonds. The molecule has 2 aromatic heterocycles. The summed E-state index contributed by atoms with van der Waals surface area (Å²) in [5, 5.41) is 9.22. The van der Waals surface area contributed by atoms with Gasteiger partial charge in [-0.05, 0) is 19.1 Å². The minimum atomic E-state index is -0.0205. The molecule has 2 heterocycles. The van der Waals surface area contributed by atoms with Crippen LogP contribution in [0.5, 0.6) is 0 Å². The number of hydrogen-bond acceptors (Lipinski definition) is 7. The minimum absolute atomic E-state index is 0.0205. The minimum Gasteiger partial charge on any atom is -0.468 e. The Balaban J connectivity index is 2.14. The lowest BCUT2D eigenvalue weighted by molar-refractivity contribution is 0.486. The highest BCUT2D eigenvalue weighted by molar-refractivity contribution is 8.01. The average Bonchev–Trinajstić information content (AvgIpc) is 2.96. The molecule has 0 fully saturated rings. The first kappa shape index (κ1) is 13.4. The fourth-order valence-electron chi connectivity index (χ4n) is 1.42. The summed E-state index contributed by atoms with van der Waals surface area (Å²) in [7, 11) is 3.90. The number of aromatic nitrogens is 2. The monoisotopic (exact) mass is 284 g/mol. The van der Waals surface area contributed by atoms with Gasteiger partial charge in [0.1, 0.15) is 5.76 Å². The van der Waals surface area contributed by atoms with Gasteiger partial charge in [0, 0.05) is 20.1 Å². The molecule has 0 aliphatic heterocycles. The Morgan fingerprint density at radius 3 is 2.72 bits per heavy atom. The Kier molecular flexibility index (Phi) is 4.26. The van der Waals surface area contributed by atoms with Gasteiger partial charge in [-0.2, -0.15) is 0 Å². The van der Waals surface area contributed by atoms with Crippen molar-refractivity contribution in [3.8, 4) is 0 Å². The second-order valence-corrected chi connectivity index (χ2v) is 6.50. The number of hydrogen-bond donors (Lipinski definition) is 1. The number of thioether (sulfide) groups is 1. The normalized spacial score (nSPS) is 14.4. The zero-order valence-corrected chi connectivity index (χ0v) is 12.2. The zero-order valence-electron chi connectivity index (χ0n) is 10.5. The van der Waals surface area contributed by atoms with Crippen molar-refractivity contribution in [2.45, 2.75) is 22.6 Å². The summed E-state index contributed by atoms with van der Waals surface area (Å²) in [5.41, 5.74) is 6.01. The van der Waals surface area contributed by atoms with Gasteiger partial charge >= 0.3 is 0 Å². The molecule has 5 nitrogen and oxygen atoms in total. The van der Waals surface area contributed by atoms with Gasteiger partial charge < -0.3 is 15.1 Å². The smallest absolute Gasteiger partial charge is 0.208 e. The number of nitrogens with two attached hydrogens (primary N) is 1. The summed E-state index contributed by atoms with van der Waals surface area (Å²) in [6.07, 6.45) is 1.66. The van der Waals surface area contributed by atoms with Gasteiger partial charge in [0.25, 0.3) is 0 Å². The molecule has 0 spiro atoms. The predicted octanol–water partition coefficient (Wildman–Crippen LogP) is 2.38.